The van der Waals surface area contributed by atoms with Gasteiger partial charge in [-0.1, -0.05) is 11.3 Å². The normalized spacial score (nSPS) is 19.9. The molecule has 0 saturated carbocycles. The molecule has 2 heterocycles. The number of halogens is 3. The molecule has 8 heteroatoms. The lowest BCUT2D eigenvalue weighted by Crippen LogP contribution is -2.23. The van der Waals surface area contributed by atoms with Gasteiger partial charge in [-0.15, -0.1) is 0 Å². The van der Waals surface area contributed by atoms with Gasteiger partial charge < -0.3 is 5.32 Å². The van der Waals surface area contributed by atoms with Crippen molar-refractivity contribution in [3.05, 3.63) is 23.8 Å². The Hall–Kier alpha value is -0.600. The Morgan fingerprint density at radius 3 is 2.86 bits per heavy atom. The number of benzene rings is 1. The Balaban J connectivity index is 1.71. The van der Waals surface area contributed by atoms with Gasteiger partial charge in [-0.25, -0.2) is 4.98 Å². The quantitative estimate of drug-likeness (QED) is 0.876. The van der Waals surface area contributed by atoms with E-state index in [1.54, 1.807) is 0 Å². The van der Waals surface area contributed by atoms with E-state index in [1.165, 1.54) is 23.2 Å². The van der Waals surface area contributed by atoms with E-state index < -0.39 is 11.7 Å². The smallest absolute Gasteiger partial charge is 0.360 e. The molecule has 3 rings (SSSR count). The number of anilines is 1. The number of thioether (sulfide) groups is 2. The second-order valence-electron chi connectivity index (χ2n) is 4.65. The topological polar surface area (TPSA) is 24.9 Å². The van der Waals surface area contributed by atoms with Gasteiger partial charge in [-0.3, -0.25) is 0 Å². The third-order valence-electron chi connectivity index (χ3n) is 3.08. The van der Waals surface area contributed by atoms with Gasteiger partial charge in [0.05, 0.1) is 15.8 Å². The van der Waals surface area contributed by atoms with Crippen molar-refractivity contribution in [1.82, 2.24) is 4.98 Å². The Bertz CT molecular complexity index is 621. The summed E-state index contributed by atoms with van der Waals surface area (Å²) in [7, 11) is 0. The largest absolute Gasteiger partial charge is 0.416 e. The van der Waals surface area contributed by atoms with Gasteiger partial charge in [0, 0.05) is 29.1 Å². The highest BCUT2D eigenvalue weighted by Crippen LogP contribution is 2.34. The van der Waals surface area contributed by atoms with Crippen molar-refractivity contribution >= 4 is 50.2 Å². The highest BCUT2D eigenvalue weighted by atomic mass is 32.2. The number of rotatable bonds is 3. The van der Waals surface area contributed by atoms with Crippen molar-refractivity contribution in [2.24, 2.45) is 0 Å². The zero-order chi connectivity index (χ0) is 14.9. The number of aromatic nitrogens is 1. The molecule has 1 N–H and O–H groups in total. The van der Waals surface area contributed by atoms with Crippen LogP contribution in [0.3, 0.4) is 0 Å². The van der Waals surface area contributed by atoms with E-state index in [9.17, 15) is 13.2 Å². The van der Waals surface area contributed by atoms with Crippen molar-refractivity contribution in [2.45, 2.75) is 11.4 Å². The van der Waals surface area contributed by atoms with Gasteiger partial charge in [-0.2, -0.15) is 36.7 Å². The van der Waals surface area contributed by atoms with Crippen LogP contribution < -0.4 is 5.32 Å². The SMILES string of the molecule is FC(F)(F)c1ccc2sc(NCC3CSCCS3)nc2c1. The molecule has 0 amide bonds. The summed E-state index contributed by atoms with van der Waals surface area (Å²) in [6.45, 7) is 0.809. The first-order valence-electron chi connectivity index (χ1n) is 6.43. The maximum Gasteiger partial charge on any atom is 0.416 e. The summed E-state index contributed by atoms with van der Waals surface area (Å²) in [4.78, 5) is 4.26. The molecule has 1 aliphatic heterocycles. The third-order valence-corrected chi connectivity index (χ3v) is 6.92. The number of fused-ring (bicyclic) bond motifs is 1. The fraction of sp³-hybridized carbons (Fsp3) is 0.462. The summed E-state index contributed by atoms with van der Waals surface area (Å²) in [6.07, 6.45) is -4.32. The van der Waals surface area contributed by atoms with E-state index in [1.807, 2.05) is 23.5 Å². The first-order valence-corrected chi connectivity index (χ1v) is 9.45. The monoisotopic (exact) mass is 350 g/mol. The number of thiazole rings is 1. The minimum atomic E-state index is -4.32. The summed E-state index contributed by atoms with van der Waals surface area (Å²) >= 11 is 5.28. The van der Waals surface area contributed by atoms with Crippen LogP contribution in [0.15, 0.2) is 18.2 Å². The number of nitrogens with one attached hydrogen (secondary N) is 1. The van der Waals surface area contributed by atoms with Crippen molar-refractivity contribution in [2.75, 3.05) is 29.1 Å². The number of hydrogen-bond donors (Lipinski definition) is 1. The van der Waals surface area contributed by atoms with Crippen molar-refractivity contribution in [3.63, 3.8) is 0 Å². The lowest BCUT2D eigenvalue weighted by atomic mass is 10.2. The number of hydrogen-bond acceptors (Lipinski definition) is 5. The standard InChI is InChI=1S/C13H13F3N2S3/c14-13(15,16)8-1-2-11-10(5-8)18-12(21-11)17-6-9-7-19-3-4-20-9/h1-2,5,9H,3-4,6-7H2,(H,17,18). The van der Waals surface area contributed by atoms with Crippen LogP contribution in [0.4, 0.5) is 18.3 Å². The maximum absolute atomic E-state index is 12.7. The van der Waals surface area contributed by atoms with E-state index in [0.29, 0.717) is 15.9 Å². The molecule has 0 aliphatic carbocycles. The van der Waals surface area contributed by atoms with Crippen LogP contribution in [0.1, 0.15) is 5.56 Å². The molecule has 1 fully saturated rings. The van der Waals surface area contributed by atoms with Crippen LogP contribution in [0.2, 0.25) is 0 Å². The van der Waals surface area contributed by atoms with Crippen LogP contribution in [-0.2, 0) is 6.18 Å². The average Bonchev–Trinajstić information content (AvgIpc) is 2.87. The molecule has 2 nitrogen and oxygen atoms in total. The van der Waals surface area contributed by atoms with Gasteiger partial charge in [0.1, 0.15) is 0 Å². The molecular weight excluding hydrogens is 337 g/mol. The molecule has 1 saturated heterocycles. The molecule has 1 aliphatic rings. The molecule has 114 valence electrons. The minimum Gasteiger partial charge on any atom is -0.360 e. The Morgan fingerprint density at radius 1 is 1.29 bits per heavy atom. The Morgan fingerprint density at radius 2 is 2.14 bits per heavy atom. The van der Waals surface area contributed by atoms with Crippen molar-refractivity contribution < 1.29 is 13.2 Å². The highest BCUT2D eigenvalue weighted by Gasteiger charge is 2.30. The molecule has 1 atom stereocenters. The van der Waals surface area contributed by atoms with Crippen molar-refractivity contribution in [1.29, 1.82) is 0 Å². The van der Waals surface area contributed by atoms with E-state index >= 15 is 0 Å². The zero-order valence-corrected chi connectivity index (χ0v) is 13.4. The first-order chi connectivity index (χ1) is 10.0. The summed E-state index contributed by atoms with van der Waals surface area (Å²) < 4.78 is 38.8. The average molecular weight is 350 g/mol. The van der Waals surface area contributed by atoms with E-state index in [-0.39, 0.29) is 0 Å². The van der Waals surface area contributed by atoms with Gasteiger partial charge in [0.25, 0.3) is 0 Å². The summed E-state index contributed by atoms with van der Waals surface area (Å²) in [5.41, 5.74) is -0.242. The third kappa shape index (κ3) is 3.78. The highest BCUT2D eigenvalue weighted by molar-refractivity contribution is 8.06. The molecule has 0 radical (unpaired) electrons. The van der Waals surface area contributed by atoms with Crippen molar-refractivity contribution in [3.8, 4) is 0 Å². The fourth-order valence-corrected chi connectivity index (χ4v) is 5.50. The molecule has 0 bridgehead atoms. The predicted molar refractivity (Wildman–Crippen MR) is 86.7 cm³/mol. The predicted octanol–water partition coefficient (Wildman–Crippen LogP) is 4.58. The van der Waals surface area contributed by atoms with Crippen LogP contribution in [0.25, 0.3) is 10.2 Å². The van der Waals surface area contributed by atoms with Gasteiger partial charge >= 0.3 is 6.18 Å². The Labute approximate surface area is 132 Å². The molecule has 0 spiro atoms. The summed E-state index contributed by atoms with van der Waals surface area (Å²) in [6, 6.07) is 3.71. The van der Waals surface area contributed by atoms with Crippen LogP contribution in [0, 0.1) is 0 Å². The van der Waals surface area contributed by atoms with E-state index in [0.717, 1.165) is 34.9 Å². The number of alkyl halides is 3. The molecule has 21 heavy (non-hydrogen) atoms. The lowest BCUT2D eigenvalue weighted by molar-refractivity contribution is -0.137. The molecule has 1 aromatic carbocycles. The van der Waals surface area contributed by atoms with Crippen LogP contribution in [0.5, 0.6) is 0 Å². The van der Waals surface area contributed by atoms with Gasteiger partial charge in [-0.05, 0) is 18.2 Å². The van der Waals surface area contributed by atoms with Crippen LogP contribution in [-0.4, -0.2) is 34.0 Å². The van der Waals surface area contributed by atoms with E-state index in [2.05, 4.69) is 10.3 Å². The molecule has 1 unspecified atom stereocenters. The molecule has 1 aromatic heterocycles. The molecular formula is C13H13F3N2S3. The second-order valence-corrected chi connectivity index (χ2v) is 8.24. The second kappa shape index (κ2) is 6.26. The van der Waals surface area contributed by atoms with E-state index in [4.69, 9.17) is 0 Å². The minimum absolute atomic E-state index is 0.406. The maximum atomic E-state index is 12.7. The number of nitrogens with zero attached hydrogens (tertiary/aromatic N) is 1. The van der Waals surface area contributed by atoms with Gasteiger partial charge in [0.2, 0.25) is 0 Å². The van der Waals surface area contributed by atoms with Gasteiger partial charge in [0.15, 0.2) is 5.13 Å². The Kier molecular flexibility index (Phi) is 4.56. The zero-order valence-electron chi connectivity index (χ0n) is 10.9. The van der Waals surface area contributed by atoms with Crippen LogP contribution >= 0.6 is 34.9 Å². The fourth-order valence-electron chi connectivity index (χ4n) is 2.03. The summed E-state index contributed by atoms with van der Waals surface area (Å²) in [5, 5.41) is 4.49. The molecule has 2 aromatic rings. The summed E-state index contributed by atoms with van der Waals surface area (Å²) in [5.74, 6) is 3.47. The first kappa shape index (κ1) is 15.3. The lowest BCUT2D eigenvalue weighted by Gasteiger charge is -2.20.